The molecule has 8 nitrogen and oxygen atoms in total. The number of nitrogens with one attached hydrogen (secondary N) is 1. The van der Waals surface area contributed by atoms with E-state index in [1.165, 1.54) is 0 Å². The Hall–Kier alpha value is -1.55. The summed E-state index contributed by atoms with van der Waals surface area (Å²) in [5.74, 6) is 0.735. The molecule has 1 aromatic rings. The van der Waals surface area contributed by atoms with Crippen LogP contribution >= 0.6 is 23.1 Å². The summed E-state index contributed by atoms with van der Waals surface area (Å²) < 4.78 is 5.31. The van der Waals surface area contributed by atoms with Crippen molar-refractivity contribution in [2.24, 2.45) is 0 Å². The Balaban J connectivity index is 1.93. The van der Waals surface area contributed by atoms with Gasteiger partial charge in [0.05, 0.1) is 0 Å². The lowest BCUT2D eigenvalue weighted by Crippen LogP contribution is -2.55. The summed E-state index contributed by atoms with van der Waals surface area (Å²) in [5, 5.41) is 12.8. The normalized spacial score (nSPS) is 16.2. The summed E-state index contributed by atoms with van der Waals surface area (Å²) in [4.78, 5) is 29.0. The molecule has 27 heavy (non-hydrogen) atoms. The highest BCUT2D eigenvalue weighted by molar-refractivity contribution is 7.98. The van der Waals surface area contributed by atoms with Crippen LogP contribution in [-0.2, 0) is 9.53 Å². The number of thioether (sulfide) groups is 1. The fourth-order valence-corrected chi connectivity index (χ4v) is 3.91. The molecule has 0 bridgehead atoms. The van der Waals surface area contributed by atoms with Crippen LogP contribution in [0.2, 0.25) is 0 Å². The number of aryl methyl sites for hydroxylation is 1. The molecule has 1 fully saturated rings. The molecule has 152 valence electrons. The summed E-state index contributed by atoms with van der Waals surface area (Å²) in [5.41, 5.74) is -0.595. The number of rotatable bonds is 6. The fraction of sp³-hybridized carbons (Fsp3) is 0.765. The van der Waals surface area contributed by atoms with E-state index in [2.05, 4.69) is 20.4 Å². The number of anilines is 1. The summed E-state index contributed by atoms with van der Waals surface area (Å²) in [7, 11) is 0. The lowest BCUT2D eigenvalue weighted by atomic mass is 10.1. The van der Waals surface area contributed by atoms with Crippen LogP contribution in [0, 0.1) is 6.92 Å². The first-order valence-corrected chi connectivity index (χ1v) is 11.2. The van der Waals surface area contributed by atoms with Crippen LogP contribution in [0.1, 0.15) is 32.2 Å². The van der Waals surface area contributed by atoms with Crippen molar-refractivity contribution in [2.45, 2.75) is 45.8 Å². The van der Waals surface area contributed by atoms with E-state index in [1.54, 1.807) is 43.9 Å². The number of carbonyl (C=O) groups excluding carboxylic acids is 2. The van der Waals surface area contributed by atoms with Crippen LogP contribution in [0.4, 0.5) is 9.93 Å². The molecule has 1 aliphatic heterocycles. The minimum atomic E-state index is -0.595. The van der Waals surface area contributed by atoms with Crippen molar-refractivity contribution in [3.8, 4) is 0 Å². The molecule has 1 atom stereocenters. The Labute approximate surface area is 169 Å². The van der Waals surface area contributed by atoms with Gasteiger partial charge in [-0.05, 0) is 46.1 Å². The number of piperazine rings is 1. The van der Waals surface area contributed by atoms with Gasteiger partial charge in [0, 0.05) is 26.2 Å². The highest BCUT2D eigenvalue weighted by Crippen LogP contribution is 2.21. The van der Waals surface area contributed by atoms with Crippen molar-refractivity contribution in [3.05, 3.63) is 5.01 Å². The molecule has 0 radical (unpaired) electrons. The first kappa shape index (κ1) is 21.7. The molecular formula is C17H29N5O3S2. The first-order valence-electron chi connectivity index (χ1n) is 9.02. The van der Waals surface area contributed by atoms with E-state index in [4.69, 9.17) is 4.74 Å². The number of nitrogens with zero attached hydrogens (tertiary/aromatic N) is 4. The van der Waals surface area contributed by atoms with Crippen LogP contribution in [0.15, 0.2) is 0 Å². The van der Waals surface area contributed by atoms with E-state index in [0.717, 1.165) is 15.9 Å². The van der Waals surface area contributed by atoms with Crippen LogP contribution < -0.4 is 10.2 Å². The largest absolute Gasteiger partial charge is 0.444 e. The minimum absolute atomic E-state index is 0.0528. The lowest BCUT2D eigenvalue weighted by Gasteiger charge is -2.36. The molecule has 1 N–H and O–H groups in total. The van der Waals surface area contributed by atoms with Crippen molar-refractivity contribution in [2.75, 3.05) is 43.1 Å². The van der Waals surface area contributed by atoms with Crippen molar-refractivity contribution < 1.29 is 14.3 Å². The maximum Gasteiger partial charge on any atom is 0.408 e. The van der Waals surface area contributed by atoms with Crippen molar-refractivity contribution in [1.29, 1.82) is 0 Å². The second-order valence-electron chi connectivity index (χ2n) is 7.40. The third kappa shape index (κ3) is 6.84. The zero-order valence-corrected chi connectivity index (χ0v) is 18.3. The highest BCUT2D eigenvalue weighted by Gasteiger charge is 2.30. The van der Waals surface area contributed by atoms with Gasteiger partial charge in [-0.25, -0.2) is 4.79 Å². The zero-order chi connectivity index (χ0) is 20.0. The molecule has 2 amide bonds. The van der Waals surface area contributed by atoms with Gasteiger partial charge in [-0.1, -0.05) is 11.3 Å². The van der Waals surface area contributed by atoms with Crippen LogP contribution in [0.5, 0.6) is 0 Å². The van der Waals surface area contributed by atoms with Gasteiger partial charge < -0.3 is 19.9 Å². The first-order chi connectivity index (χ1) is 12.7. The zero-order valence-electron chi connectivity index (χ0n) is 16.7. The monoisotopic (exact) mass is 415 g/mol. The Morgan fingerprint density at radius 1 is 1.26 bits per heavy atom. The smallest absolute Gasteiger partial charge is 0.408 e. The maximum absolute atomic E-state index is 13.0. The van der Waals surface area contributed by atoms with Gasteiger partial charge in [0.25, 0.3) is 0 Å². The second kappa shape index (κ2) is 9.59. The van der Waals surface area contributed by atoms with E-state index >= 15 is 0 Å². The molecule has 2 rings (SSSR count). The Bertz CT molecular complexity index is 639. The van der Waals surface area contributed by atoms with E-state index in [9.17, 15) is 9.59 Å². The predicted molar refractivity (Wildman–Crippen MR) is 110 cm³/mol. The summed E-state index contributed by atoms with van der Waals surface area (Å²) in [6, 6.07) is -0.567. The third-order valence-corrected chi connectivity index (χ3v) is 5.52. The Morgan fingerprint density at radius 3 is 2.44 bits per heavy atom. The molecule has 1 unspecified atom stereocenters. The summed E-state index contributed by atoms with van der Waals surface area (Å²) in [6.45, 7) is 9.97. The molecule has 1 aromatic heterocycles. The summed E-state index contributed by atoms with van der Waals surface area (Å²) in [6.07, 6.45) is 2.01. The number of amides is 2. The number of aromatic nitrogens is 2. The van der Waals surface area contributed by atoms with Gasteiger partial charge >= 0.3 is 6.09 Å². The molecule has 1 aliphatic rings. The molecular weight excluding hydrogens is 386 g/mol. The van der Waals surface area contributed by atoms with E-state index < -0.39 is 17.7 Å². The highest BCUT2D eigenvalue weighted by atomic mass is 32.2. The van der Waals surface area contributed by atoms with E-state index in [-0.39, 0.29) is 5.91 Å². The fourth-order valence-electron chi connectivity index (χ4n) is 2.70. The predicted octanol–water partition coefficient (Wildman–Crippen LogP) is 2.14. The molecule has 0 aromatic carbocycles. The topological polar surface area (TPSA) is 87.7 Å². The molecule has 2 heterocycles. The quantitative estimate of drug-likeness (QED) is 0.761. The van der Waals surface area contributed by atoms with Crippen LogP contribution in [-0.4, -0.2) is 76.9 Å². The molecule has 1 saturated heterocycles. The number of hydrogen-bond donors (Lipinski definition) is 1. The van der Waals surface area contributed by atoms with E-state index in [0.29, 0.717) is 32.6 Å². The minimum Gasteiger partial charge on any atom is -0.444 e. The summed E-state index contributed by atoms with van der Waals surface area (Å²) >= 11 is 3.21. The third-order valence-electron chi connectivity index (χ3n) is 3.98. The van der Waals surface area contributed by atoms with Crippen LogP contribution in [0.3, 0.4) is 0 Å². The number of hydrogen-bond acceptors (Lipinski definition) is 8. The van der Waals surface area contributed by atoms with Gasteiger partial charge in [0.15, 0.2) is 0 Å². The average molecular weight is 416 g/mol. The standard InChI is InChI=1S/C17H29N5O3S2/c1-12-19-20-15(27-12)22-9-7-21(8-10-22)14(23)13(6-11-26-5)18-16(24)25-17(2,3)4/h13H,6-11H2,1-5H3,(H,18,24). The van der Waals surface area contributed by atoms with Gasteiger partial charge in [-0.15, -0.1) is 10.2 Å². The van der Waals surface area contributed by atoms with Crippen molar-refractivity contribution in [3.63, 3.8) is 0 Å². The van der Waals surface area contributed by atoms with Gasteiger partial charge in [0.1, 0.15) is 16.7 Å². The Kier molecular flexibility index (Phi) is 7.72. The maximum atomic E-state index is 13.0. The number of alkyl carbamates (subject to hydrolysis) is 1. The SMILES string of the molecule is CSCCC(NC(=O)OC(C)(C)C)C(=O)N1CCN(c2nnc(C)s2)CC1. The number of ether oxygens (including phenoxy) is 1. The molecule has 0 saturated carbocycles. The lowest BCUT2D eigenvalue weighted by molar-refractivity contribution is -0.133. The molecule has 0 aliphatic carbocycles. The van der Waals surface area contributed by atoms with Gasteiger partial charge in [-0.2, -0.15) is 11.8 Å². The Morgan fingerprint density at radius 2 is 1.93 bits per heavy atom. The van der Waals surface area contributed by atoms with Crippen molar-refractivity contribution in [1.82, 2.24) is 20.4 Å². The van der Waals surface area contributed by atoms with Gasteiger partial charge in [-0.3, -0.25) is 4.79 Å². The van der Waals surface area contributed by atoms with Crippen molar-refractivity contribution >= 4 is 40.2 Å². The van der Waals surface area contributed by atoms with Crippen LogP contribution in [0.25, 0.3) is 0 Å². The molecule has 10 heteroatoms. The molecule has 0 spiro atoms. The van der Waals surface area contributed by atoms with Gasteiger partial charge in [0.2, 0.25) is 11.0 Å². The average Bonchev–Trinajstić information content (AvgIpc) is 3.03. The number of carbonyl (C=O) groups is 2. The van der Waals surface area contributed by atoms with E-state index in [1.807, 2.05) is 18.1 Å². The second-order valence-corrected chi connectivity index (χ2v) is 9.54.